The third-order valence-corrected chi connectivity index (χ3v) is 7.11. The van der Waals surface area contributed by atoms with Crippen LogP contribution in [0.15, 0.2) is 18.2 Å². The number of fused-ring (bicyclic) bond motifs is 1. The Morgan fingerprint density at radius 2 is 1.62 bits per heavy atom. The summed E-state index contributed by atoms with van der Waals surface area (Å²) in [4.78, 5) is 29.5. The smallest absolute Gasteiger partial charge is 0.254 e. The van der Waals surface area contributed by atoms with E-state index in [9.17, 15) is 4.79 Å². The van der Waals surface area contributed by atoms with E-state index in [1.54, 1.807) is 43.8 Å². The number of aromatic nitrogens is 2. The van der Waals surface area contributed by atoms with Crippen molar-refractivity contribution in [1.29, 1.82) is 0 Å². The molecule has 3 aromatic rings. The van der Waals surface area contributed by atoms with Crippen molar-refractivity contribution in [3.8, 4) is 11.5 Å². The minimum atomic E-state index is -0.0138. The molecule has 0 spiro atoms. The lowest BCUT2D eigenvalue weighted by atomic mass is 10.1. The first-order chi connectivity index (χ1) is 15.3. The molecule has 0 saturated carbocycles. The normalized spacial score (nSPS) is 14.3. The molecule has 4 rings (SSSR count). The molecule has 2 aromatic heterocycles. The summed E-state index contributed by atoms with van der Waals surface area (Å²) in [5.41, 5.74) is 1.82. The number of carbonyl (C=O) groups is 1. The summed E-state index contributed by atoms with van der Waals surface area (Å²) in [5.74, 6) is 3.33. The number of rotatable bonds is 5. The van der Waals surface area contributed by atoms with Gasteiger partial charge in [0.25, 0.3) is 5.91 Å². The van der Waals surface area contributed by atoms with E-state index in [1.165, 1.54) is 10.4 Å². The summed E-state index contributed by atoms with van der Waals surface area (Å²) in [7, 11) is 3.17. The van der Waals surface area contributed by atoms with E-state index >= 15 is 0 Å². The maximum absolute atomic E-state index is 13.2. The van der Waals surface area contributed by atoms with Gasteiger partial charge < -0.3 is 19.3 Å². The van der Waals surface area contributed by atoms with E-state index < -0.39 is 0 Å². The molecule has 0 bridgehead atoms. The van der Waals surface area contributed by atoms with E-state index in [0.717, 1.165) is 34.9 Å². The molecular formula is C24H30N4O3S. The van der Waals surface area contributed by atoms with Crippen LogP contribution in [0, 0.1) is 13.8 Å². The van der Waals surface area contributed by atoms with Gasteiger partial charge in [0.05, 0.1) is 19.6 Å². The van der Waals surface area contributed by atoms with Gasteiger partial charge >= 0.3 is 0 Å². The Morgan fingerprint density at radius 3 is 2.19 bits per heavy atom. The molecule has 1 amide bonds. The van der Waals surface area contributed by atoms with Crippen molar-refractivity contribution in [3.05, 3.63) is 40.0 Å². The summed E-state index contributed by atoms with van der Waals surface area (Å²) in [5, 5.41) is 1.15. The molecule has 0 aliphatic carbocycles. The lowest BCUT2D eigenvalue weighted by molar-refractivity contribution is 0.0746. The zero-order valence-electron chi connectivity index (χ0n) is 19.6. The van der Waals surface area contributed by atoms with Crippen LogP contribution in [0.25, 0.3) is 10.2 Å². The summed E-state index contributed by atoms with van der Waals surface area (Å²) < 4.78 is 10.6. The van der Waals surface area contributed by atoms with Crippen LogP contribution < -0.4 is 14.4 Å². The molecule has 7 nitrogen and oxygen atoms in total. The molecule has 0 atom stereocenters. The third-order valence-electron chi connectivity index (χ3n) is 6.01. The lowest BCUT2D eigenvalue weighted by Gasteiger charge is -2.36. The van der Waals surface area contributed by atoms with Crippen molar-refractivity contribution in [1.82, 2.24) is 14.9 Å². The predicted octanol–water partition coefficient (Wildman–Crippen LogP) is 4.41. The first kappa shape index (κ1) is 22.3. The van der Waals surface area contributed by atoms with E-state index in [1.807, 2.05) is 4.90 Å². The second-order valence-electron chi connectivity index (χ2n) is 8.40. The van der Waals surface area contributed by atoms with Crippen molar-refractivity contribution >= 4 is 33.3 Å². The van der Waals surface area contributed by atoms with Crippen LogP contribution in [0.4, 0.5) is 5.82 Å². The molecule has 3 heterocycles. The lowest BCUT2D eigenvalue weighted by Crippen LogP contribution is -2.49. The van der Waals surface area contributed by atoms with Crippen LogP contribution in [-0.4, -0.2) is 61.2 Å². The molecule has 1 fully saturated rings. The van der Waals surface area contributed by atoms with Gasteiger partial charge in [0.15, 0.2) is 0 Å². The van der Waals surface area contributed by atoms with Crippen LogP contribution in [-0.2, 0) is 0 Å². The number of hydrogen-bond donors (Lipinski definition) is 0. The highest BCUT2D eigenvalue weighted by atomic mass is 32.1. The highest BCUT2D eigenvalue weighted by molar-refractivity contribution is 7.18. The molecule has 32 heavy (non-hydrogen) atoms. The van der Waals surface area contributed by atoms with Crippen LogP contribution in [0.3, 0.4) is 0 Å². The summed E-state index contributed by atoms with van der Waals surface area (Å²) >= 11 is 1.73. The Morgan fingerprint density at radius 1 is 1.00 bits per heavy atom. The van der Waals surface area contributed by atoms with Crippen molar-refractivity contribution in [3.63, 3.8) is 0 Å². The monoisotopic (exact) mass is 454 g/mol. The van der Waals surface area contributed by atoms with Crippen LogP contribution >= 0.6 is 11.3 Å². The van der Waals surface area contributed by atoms with Gasteiger partial charge in [-0.05, 0) is 31.5 Å². The minimum Gasteiger partial charge on any atom is -0.497 e. The number of amides is 1. The fraction of sp³-hybridized carbons (Fsp3) is 0.458. The zero-order valence-corrected chi connectivity index (χ0v) is 20.4. The number of piperazine rings is 1. The van der Waals surface area contributed by atoms with E-state index in [4.69, 9.17) is 19.4 Å². The van der Waals surface area contributed by atoms with Crippen LogP contribution in [0.1, 0.15) is 46.4 Å². The number of thiophene rings is 1. The second kappa shape index (κ2) is 8.94. The zero-order chi connectivity index (χ0) is 23.0. The first-order valence-electron chi connectivity index (χ1n) is 10.9. The van der Waals surface area contributed by atoms with Crippen LogP contribution in [0.5, 0.6) is 11.5 Å². The minimum absolute atomic E-state index is 0.0138. The summed E-state index contributed by atoms with van der Waals surface area (Å²) in [6.07, 6.45) is 0. The molecule has 1 aromatic carbocycles. The van der Waals surface area contributed by atoms with Gasteiger partial charge in [-0.3, -0.25) is 4.79 Å². The number of carbonyl (C=O) groups excluding carboxylic acids is 1. The Hall–Kier alpha value is -2.87. The van der Waals surface area contributed by atoms with Gasteiger partial charge in [0, 0.05) is 48.6 Å². The molecule has 0 radical (unpaired) electrons. The van der Waals surface area contributed by atoms with Crippen LogP contribution in [0.2, 0.25) is 0 Å². The van der Waals surface area contributed by atoms with Crippen molar-refractivity contribution in [2.75, 3.05) is 45.3 Å². The van der Waals surface area contributed by atoms with E-state index in [-0.39, 0.29) is 11.8 Å². The van der Waals surface area contributed by atoms with Gasteiger partial charge in [-0.15, -0.1) is 11.3 Å². The fourth-order valence-electron chi connectivity index (χ4n) is 3.97. The number of aryl methyl sites for hydroxylation is 2. The van der Waals surface area contributed by atoms with Gasteiger partial charge in [-0.1, -0.05) is 13.8 Å². The van der Waals surface area contributed by atoms with Gasteiger partial charge in [-0.2, -0.15) is 0 Å². The first-order valence-corrected chi connectivity index (χ1v) is 11.7. The number of benzene rings is 1. The molecule has 1 aliphatic rings. The fourth-order valence-corrected chi connectivity index (χ4v) is 5.00. The Kier molecular flexibility index (Phi) is 6.24. The predicted molar refractivity (Wildman–Crippen MR) is 129 cm³/mol. The molecule has 0 unspecified atom stereocenters. The molecule has 0 N–H and O–H groups in total. The highest BCUT2D eigenvalue weighted by Gasteiger charge is 2.27. The second-order valence-corrected chi connectivity index (χ2v) is 9.61. The topological polar surface area (TPSA) is 67.8 Å². The number of hydrogen-bond acceptors (Lipinski definition) is 7. The number of methoxy groups -OCH3 is 2. The summed E-state index contributed by atoms with van der Waals surface area (Å²) in [6.45, 7) is 11.2. The molecule has 8 heteroatoms. The van der Waals surface area contributed by atoms with E-state index in [0.29, 0.717) is 30.2 Å². The number of nitrogens with zero attached hydrogens (tertiary/aromatic N) is 4. The summed E-state index contributed by atoms with van der Waals surface area (Å²) in [6, 6.07) is 5.29. The van der Waals surface area contributed by atoms with Gasteiger partial charge in [0.1, 0.15) is 28.0 Å². The molecule has 170 valence electrons. The number of anilines is 1. The largest absolute Gasteiger partial charge is 0.497 e. The standard InChI is InChI=1S/C24H30N4O3S/c1-14(2)21-25-22(20-15(3)16(4)32-23(20)26-21)27-7-9-28(10-8-27)24(29)17-11-18(30-5)13-19(12-17)31-6/h11-14H,7-10H2,1-6H3. The van der Waals surface area contributed by atoms with Crippen molar-refractivity contribution < 1.29 is 14.3 Å². The molecule has 1 saturated heterocycles. The maximum Gasteiger partial charge on any atom is 0.254 e. The van der Waals surface area contributed by atoms with Gasteiger partial charge in [0.2, 0.25) is 0 Å². The highest BCUT2D eigenvalue weighted by Crippen LogP contribution is 2.36. The van der Waals surface area contributed by atoms with E-state index in [2.05, 4.69) is 32.6 Å². The van der Waals surface area contributed by atoms with Crippen molar-refractivity contribution in [2.24, 2.45) is 0 Å². The Labute approximate surface area is 193 Å². The Balaban J connectivity index is 1.58. The SMILES string of the molecule is COc1cc(OC)cc(C(=O)N2CCN(c3nc(C(C)C)nc4sc(C)c(C)c34)CC2)c1. The number of ether oxygens (including phenoxy) is 2. The van der Waals surface area contributed by atoms with Gasteiger partial charge in [-0.25, -0.2) is 9.97 Å². The quantitative estimate of drug-likeness (QED) is 0.569. The average Bonchev–Trinajstić information content (AvgIpc) is 3.10. The average molecular weight is 455 g/mol. The van der Waals surface area contributed by atoms with Crippen molar-refractivity contribution in [2.45, 2.75) is 33.6 Å². The molecular weight excluding hydrogens is 424 g/mol. The third kappa shape index (κ3) is 4.11. The maximum atomic E-state index is 13.2. The molecule has 1 aliphatic heterocycles. The Bertz CT molecular complexity index is 1130.